The summed E-state index contributed by atoms with van der Waals surface area (Å²) in [5.74, 6) is 0.821. The van der Waals surface area contributed by atoms with Crippen LogP contribution in [0.5, 0.6) is 0 Å². The number of halogens is 2. The van der Waals surface area contributed by atoms with Gasteiger partial charge in [0.1, 0.15) is 0 Å². The maximum absolute atomic E-state index is 8.29. The molecule has 0 fully saturated rings. The lowest BCUT2D eigenvalue weighted by atomic mass is 10.3. The molecule has 0 aliphatic heterocycles. The highest BCUT2D eigenvalue weighted by molar-refractivity contribution is 9.11. The molecule has 0 amide bonds. The largest absolute Gasteiger partial charge is 0.361 e. The van der Waals surface area contributed by atoms with Crippen molar-refractivity contribution in [2.75, 3.05) is 0 Å². The van der Waals surface area contributed by atoms with E-state index in [9.17, 15) is 0 Å². The lowest BCUT2D eigenvalue weighted by Crippen LogP contribution is -1.92. The number of aromatic amines is 1. The number of rotatable bonds is 1. The fourth-order valence-corrected chi connectivity index (χ4v) is 3.87. The summed E-state index contributed by atoms with van der Waals surface area (Å²) in [4.78, 5) is 18.0. The van der Waals surface area contributed by atoms with Gasteiger partial charge >= 0.3 is 11.6 Å². The number of nitrogens with zero attached hydrogens (tertiary/aromatic N) is 5. The van der Waals surface area contributed by atoms with Gasteiger partial charge < -0.3 is 14.7 Å². The van der Waals surface area contributed by atoms with Crippen molar-refractivity contribution in [1.82, 2.24) is 19.5 Å². The number of para-hydroxylation sites is 1. The third kappa shape index (κ3) is 5.59. The monoisotopic (exact) mass is 582 g/mol. The molecule has 0 saturated heterocycles. The number of pyridine rings is 2. The molecular formula is C22H12Br2N6O2S. The van der Waals surface area contributed by atoms with Crippen molar-refractivity contribution in [3.63, 3.8) is 0 Å². The molecule has 0 saturated carbocycles. The van der Waals surface area contributed by atoms with Crippen molar-refractivity contribution in [2.45, 2.75) is 0 Å². The van der Waals surface area contributed by atoms with Crippen molar-refractivity contribution < 1.29 is 8.42 Å². The molecule has 162 valence electrons. The Morgan fingerprint density at radius 3 is 2.09 bits per heavy atom. The van der Waals surface area contributed by atoms with Crippen LogP contribution in [0.1, 0.15) is 0 Å². The lowest BCUT2D eigenvalue weighted by Gasteiger charge is -2.01. The number of fused-ring (bicyclic) bond motifs is 2. The first-order valence-corrected chi connectivity index (χ1v) is 11.3. The highest BCUT2D eigenvalue weighted by Crippen LogP contribution is 2.29. The van der Waals surface area contributed by atoms with Crippen LogP contribution in [0.4, 0.5) is 11.6 Å². The van der Waals surface area contributed by atoms with Gasteiger partial charge in [-0.3, -0.25) is 4.57 Å². The standard InChI is InChI=1S/C14H8BrN3.C8H4BrN3.O2S/c1-16-13-8-7-11-12(15)9-18(14(11)17-13)10-5-3-2-4-6-10;1-10-7-3-2-5-6(9)4-11-8(5)12-7;1-3-2/h2-9H;2-4H,(H,11,12);. The molecular weight excluding hydrogens is 572 g/mol. The molecule has 4 aromatic heterocycles. The minimum absolute atomic E-state index is 0.408. The molecule has 4 heterocycles. The zero-order valence-electron chi connectivity index (χ0n) is 16.6. The van der Waals surface area contributed by atoms with E-state index in [0.29, 0.717) is 11.6 Å². The van der Waals surface area contributed by atoms with Crippen LogP contribution in [0.15, 0.2) is 75.9 Å². The van der Waals surface area contributed by atoms with Crippen molar-refractivity contribution in [3.05, 3.63) is 98.8 Å². The van der Waals surface area contributed by atoms with E-state index < -0.39 is 11.6 Å². The topological polar surface area (TPSA) is 89.4 Å². The lowest BCUT2D eigenvalue weighted by molar-refractivity contribution is 0.630. The summed E-state index contributed by atoms with van der Waals surface area (Å²) in [6, 6.07) is 17.2. The Balaban J connectivity index is 0.000000177. The molecule has 0 radical (unpaired) electrons. The summed E-state index contributed by atoms with van der Waals surface area (Å²) in [7, 11) is 0. The van der Waals surface area contributed by atoms with Gasteiger partial charge in [0.2, 0.25) is 11.3 Å². The predicted molar refractivity (Wildman–Crippen MR) is 134 cm³/mol. The first-order valence-electron chi connectivity index (χ1n) is 9.05. The summed E-state index contributed by atoms with van der Waals surface area (Å²) in [5, 5.41) is 2.01. The molecule has 33 heavy (non-hydrogen) atoms. The summed E-state index contributed by atoms with van der Waals surface area (Å²) >= 11 is 6.14. The van der Waals surface area contributed by atoms with Gasteiger partial charge in [0, 0.05) is 27.0 Å². The molecule has 1 aromatic carbocycles. The molecule has 0 aliphatic rings. The first kappa shape index (κ1) is 24.0. The second kappa shape index (κ2) is 11.3. The van der Waals surface area contributed by atoms with Crippen LogP contribution in [-0.2, 0) is 11.6 Å². The van der Waals surface area contributed by atoms with Gasteiger partial charge in [0.25, 0.3) is 11.6 Å². The average molecular weight is 584 g/mol. The second-order valence-electron chi connectivity index (χ2n) is 6.22. The number of hydrogen-bond donors (Lipinski definition) is 1. The van der Waals surface area contributed by atoms with Crippen LogP contribution in [-0.4, -0.2) is 27.9 Å². The van der Waals surface area contributed by atoms with E-state index in [4.69, 9.17) is 21.6 Å². The molecule has 1 N–H and O–H groups in total. The predicted octanol–water partition coefficient (Wildman–Crippen LogP) is 6.54. The molecule has 0 bridgehead atoms. The summed E-state index contributed by atoms with van der Waals surface area (Å²) < 4.78 is 20.5. The van der Waals surface area contributed by atoms with Crippen LogP contribution in [0, 0.1) is 13.1 Å². The molecule has 0 spiro atoms. The number of hydrogen-bond acceptors (Lipinski definition) is 4. The van der Waals surface area contributed by atoms with Crippen LogP contribution < -0.4 is 0 Å². The van der Waals surface area contributed by atoms with E-state index >= 15 is 0 Å². The van der Waals surface area contributed by atoms with Gasteiger partial charge in [-0.05, 0) is 56.1 Å². The summed E-state index contributed by atoms with van der Waals surface area (Å²) in [5.41, 5.74) is 2.57. The fraction of sp³-hybridized carbons (Fsp3) is 0. The number of nitrogens with one attached hydrogen (secondary N) is 1. The summed E-state index contributed by atoms with van der Waals surface area (Å²) in [6.45, 7) is 13.8. The van der Waals surface area contributed by atoms with Crippen molar-refractivity contribution in [3.8, 4) is 5.69 Å². The van der Waals surface area contributed by atoms with Crippen molar-refractivity contribution in [1.29, 1.82) is 0 Å². The zero-order valence-corrected chi connectivity index (χ0v) is 20.6. The summed E-state index contributed by atoms with van der Waals surface area (Å²) in [6.07, 6.45) is 3.78. The van der Waals surface area contributed by atoms with E-state index in [1.165, 1.54) is 0 Å². The second-order valence-corrected chi connectivity index (χ2v) is 8.06. The van der Waals surface area contributed by atoms with Crippen molar-refractivity contribution >= 4 is 77.1 Å². The van der Waals surface area contributed by atoms with Gasteiger partial charge in [-0.2, -0.15) is 8.42 Å². The minimum Gasteiger partial charge on any atom is -0.361 e. The maximum atomic E-state index is 8.29. The highest BCUT2D eigenvalue weighted by Gasteiger charge is 2.13. The number of benzene rings is 1. The molecule has 0 unspecified atom stereocenters. The zero-order chi connectivity index (χ0) is 23.8. The molecule has 11 heteroatoms. The Bertz CT molecular complexity index is 1540. The quantitative estimate of drug-likeness (QED) is 0.227. The fourth-order valence-electron chi connectivity index (χ4n) is 2.92. The highest BCUT2D eigenvalue weighted by atomic mass is 79.9. The van der Waals surface area contributed by atoms with Crippen LogP contribution in [0.3, 0.4) is 0 Å². The van der Waals surface area contributed by atoms with E-state index in [0.717, 1.165) is 36.7 Å². The van der Waals surface area contributed by atoms with Crippen LogP contribution >= 0.6 is 31.9 Å². The average Bonchev–Trinajstić information content (AvgIpc) is 3.39. The smallest absolute Gasteiger partial charge is 0.335 e. The van der Waals surface area contributed by atoms with Crippen LogP contribution in [0.2, 0.25) is 0 Å². The number of aromatic nitrogens is 4. The van der Waals surface area contributed by atoms with E-state index in [1.54, 1.807) is 12.1 Å². The Hall–Kier alpha value is -3.64. The van der Waals surface area contributed by atoms with E-state index in [1.807, 2.05) is 59.4 Å². The van der Waals surface area contributed by atoms with Gasteiger partial charge in [-0.15, -0.1) is 9.97 Å². The maximum Gasteiger partial charge on any atom is 0.335 e. The van der Waals surface area contributed by atoms with Crippen molar-refractivity contribution in [2.24, 2.45) is 0 Å². The molecule has 5 aromatic rings. The van der Waals surface area contributed by atoms with Gasteiger partial charge in [-0.25, -0.2) is 0 Å². The molecule has 8 nitrogen and oxygen atoms in total. The Kier molecular flexibility index (Phi) is 8.22. The molecule has 0 aliphatic carbocycles. The number of H-pyrrole nitrogens is 1. The van der Waals surface area contributed by atoms with Crippen LogP contribution in [0.25, 0.3) is 37.4 Å². The molecule has 0 atom stereocenters. The molecule has 5 rings (SSSR count). The Morgan fingerprint density at radius 2 is 1.45 bits per heavy atom. The van der Waals surface area contributed by atoms with E-state index in [-0.39, 0.29) is 0 Å². The minimum atomic E-state index is -0.750. The first-order chi connectivity index (χ1) is 16.0. The third-order valence-corrected chi connectivity index (χ3v) is 5.61. The van der Waals surface area contributed by atoms with Gasteiger partial charge in [0.05, 0.1) is 10.8 Å². The van der Waals surface area contributed by atoms with Gasteiger partial charge in [-0.1, -0.05) is 43.5 Å². The van der Waals surface area contributed by atoms with E-state index in [2.05, 4.69) is 56.5 Å². The Morgan fingerprint density at radius 1 is 0.848 bits per heavy atom. The third-order valence-electron chi connectivity index (χ3n) is 4.33. The Labute approximate surface area is 208 Å². The SMILES string of the molecule is O=S=O.[C-]#[N+]c1ccc2c(Br)c[nH]c2n1.[C-]#[N+]c1ccc2c(Br)cn(-c3ccccc3)c2n1. The normalized spacial score (nSPS) is 9.70. The van der Waals surface area contributed by atoms with Gasteiger partial charge in [0.15, 0.2) is 0 Å².